The summed E-state index contributed by atoms with van der Waals surface area (Å²) in [7, 11) is 7.47. The van der Waals surface area contributed by atoms with E-state index in [-0.39, 0.29) is 12.5 Å². The van der Waals surface area contributed by atoms with Gasteiger partial charge in [-0.25, -0.2) is 0 Å². The minimum absolute atomic E-state index is 0.169. The Labute approximate surface area is 165 Å². The van der Waals surface area contributed by atoms with Gasteiger partial charge in [0.2, 0.25) is 11.9 Å². The van der Waals surface area contributed by atoms with Crippen molar-refractivity contribution in [3.63, 3.8) is 0 Å². The van der Waals surface area contributed by atoms with E-state index >= 15 is 0 Å². The number of rotatable bonds is 6. The van der Waals surface area contributed by atoms with Gasteiger partial charge in [0.15, 0.2) is 5.82 Å². The summed E-state index contributed by atoms with van der Waals surface area (Å²) < 4.78 is 0. The van der Waals surface area contributed by atoms with Gasteiger partial charge < -0.3 is 15.1 Å². The van der Waals surface area contributed by atoms with Gasteiger partial charge in [-0.05, 0) is 23.3 Å². The van der Waals surface area contributed by atoms with Gasteiger partial charge >= 0.3 is 0 Å². The fraction of sp³-hybridized carbons (Fsp3) is 0.238. The first-order valence-electron chi connectivity index (χ1n) is 8.97. The molecule has 7 heteroatoms. The average molecular weight is 376 g/mol. The molecule has 3 aromatic rings. The summed E-state index contributed by atoms with van der Waals surface area (Å²) in [6.07, 6.45) is 0. The van der Waals surface area contributed by atoms with Crippen LogP contribution in [0, 0.1) is 0 Å². The third-order valence-electron chi connectivity index (χ3n) is 4.12. The van der Waals surface area contributed by atoms with Crippen molar-refractivity contribution in [3.05, 3.63) is 66.0 Å². The van der Waals surface area contributed by atoms with Crippen LogP contribution in [0.4, 0.5) is 11.9 Å². The Morgan fingerprint density at radius 1 is 0.786 bits per heavy atom. The van der Waals surface area contributed by atoms with Crippen molar-refractivity contribution in [1.29, 1.82) is 0 Å². The zero-order valence-corrected chi connectivity index (χ0v) is 16.5. The summed E-state index contributed by atoms with van der Waals surface area (Å²) in [5, 5.41) is 2.88. The zero-order valence-electron chi connectivity index (χ0n) is 16.5. The molecule has 0 unspecified atom stereocenters. The second-order valence-electron chi connectivity index (χ2n) is 6.77. The van der Waals surface area contributed by atoms with Crippen LogP contribution in [0.2, 0.25) is 0 Å². The number of nitrogens with zero attached hydrogens (tertiary/aromatic N) is 5. The lowest BCUT2D eigenvalue weighted by Gasteiger charge is -2.16. The minimum atomic E-state index is -0.169. The number of hydrogen-bond acceptors (Lipinski definition) is 6. The van der Waals surface area contributed by atoms with Crippen LogP contribution in [0.5, 0.6) is 0 Å². The Balaban J connectivity index is 1.70. The normalized spacial score (nSPS) is 10.4. The van der Waals surface area contributed by atoms with E-state index in [0.29, 0.717) is 23.3 Å². The van der Waals surface area contributed by atoms with Crippen LogP contribution in [0.25, 0.3) is 11.1 Å². The van der Waals surface area contributed by atoms with Crippen LogP contribution in [0.1, 0.15) is 16.2 Å². The number of amides is 1. The van der Waals surface area contributed by atoms with Crippen LogP contribution >= 0.6 is 0 Å². The molecule has 2 aromatic carbocycles. The SMILES string of the molecule is CN(C)c1nc(CNC(=O)c2ccc(-c3ccccc3)cc2)nc(N(C)C)n1. The Kier molecular flexibility index (Phi) is 5.84. The maximum absolute atomic E-state index is 12.5. The van der Waals surface area contributed by atoms with Gasteiger partial charge in [-0.2, -0.15) is 15.0 Å². The monoisotopic (exact) mass is 376 g/mol. The summed E-state index contributed by atoms with van der Waals surface area (Å²) in [5.41, 5.74) is 2.78. The molecular weight excluding hydrogens is 352 g/mol. The van der Waals surface area contributed by atoms with Gasteiger partial charge in [0, 0.05) is 33.8 Å². The molecule has 7 nitrogen and oxygen atoms in total. The molecule has 144 valence electrons. The summed E-state index contributed by atoms with van der Waals surface area (Å²) in [6, 6.07) is 17.6. The van der Waals surface area contributed by atoms with Crippen molar-refractivity contribution in [1.82, 2.24) is 20.3 Å². The molecule has 1 aromatic heterocycles. The molecule has 0 saturated carbocycles. The molecule has 0 fully saturated rings. The third kappa shape index (κ3) is 4.62. The molecular formula is C21H24N6O. The number of nitrogens with one attached hydrogen (secondary N) is 1. The lowest BCUT2D eigenvalue weighted by Crippen LogP contribution is -2.26. The van der Waals surface area contributed by atoms with E-state index in [9.17, 15) is 4.79 Å². The Morgan fingerprint density at radius 2 is 1.32 bits per heavy atom. The maximum Gasteiger partial charge on any atom is 0.251 e. The molecule has 1 amide bonds. The van der Waals surface area contributed by atoms with Crippen molar-refractivity contribution in [3.8, 4) is 11.1 Å². The quantitative estimate of drug-likeness (QED) is 0.713. The van der Waals surface area contributed by atoms with Gasteiger partial charge in [-0.15, -0.1) is 0 Å². The Hall–Kier alpha value is -3.48. The molecule has 0 saturated heterocycles. The summed E-state index contributed by atoms with van der Waals surface area (Å²) in [6.45, 7) is 0.226. The number of carbonyl (C=O) groups is 1. The van der Waals surface area contributed by atoms with E-state index < -0.39 is 0 Å². The highest BCUT2D eigenvalue weighted by atomic mass is 16.1. The molecule has 0 aliphatic rings. The summed E-state index contributed by atoms with van der Waals surface area (Å²) in [4.78, 5) is 29.3. The second-order valence-corrected chi connectivity index (χ2v) is 6.77. The molecule has 1 heterocycles. The van der Waals surface area contributed by atoms with Crippen molar-refractivity contribution < 1.29 is 4.79 Å². The molecule has 28 heavy (non-hydrogen) atoms. The van der Waals surface area contributed by atoms with Crippen LogP contribution in [-0.4, -0.2) is 49.0 Å². The standard InChI is InChI=1S/C21H24N6O/c1-26(2)20-23-18(24-21(25-20)27(3)4)14-22-19(28)17-12-10-16(11-13-17)15-8-6-5-7-9-15/h5-13H,14H2,1-4H3,(H,22,28). The van der Waals surface area contributed by atoms with Crippen LogP contribution in [-0.2, 0) is 6.54 Å². The zero-order chi connectivity index (χ0) is 20.1. The van der Waals surface area contributed by atoms with E-state index in [1.165, 1.54) is 0 Å². The lowest BCUT2D eigenvalue weighted by atomic mass is 10.0. The molecule has 0 bridgehead atoms. The van der Waals surface area contributed by atoms with Gasteiger partial charge in [-0.1, -0.05) is 42.5 Å². The number of benzene rings is 2. The first-order chi connectivity index (χ1) is 13.4. The van der Waals surface area contributed by atoms with Gasteiger partial charge in [0.1, 0.15) is 0 Å². The average Bonchev–Trinajstić information content (AvgIpc) is 2.72. The molecule has 0 radical (unpaired) electrons. The van der Waals surface area contributed by atoms with Gasteiger partial charge in [0.25, 0.3) is 5.91 Å². The lowest BCUT2D eigenvalue weighted by molar-refractivity contribution is 0.0950. The van der Waals surface area contributed by atoms with E-state index in [2.05, 4.69) is 20.3 Å². The molecule has 3 rings (SSSR count). The molecule has 0 aliphatic carbocycles. The highest BCUT2D eigenvalue weighted by molar-refractivity contribution is 5.94. The maximum atomic E-state index is 12.5. The molecule has 1 N–H and O–H groups in total. The van der Waals surface area contributed by atoms with Crippen molar-refractivity contribution in [2.45, 2.75) is 6.54 Å². The van der Waals surface area contributed by atoms with E-state index in [0.717, 1.165) is 11.1 Å². The largest absolute Gasteiger partial charge is 0.347 e. The predicted molar refractivity (Wildman–Crippen MR) is 112 cm³/mol. The van der Waals surface area contributed by atoms with Crippen LogP contribution in [0.3, 0.4) is 0 Å². The first kappa shape index (κ1) is 19.3. The fourth-order valence-electron chi connectivity index (χ4n) is 2.58. The minimum Gasteiger partial charge on any atom is -0.347 e. The molecule has 0 atom stereocenters. The third-order valence-corrected chi connectivity index (χ3v) is 4.12. The van der Waals surface area contributed by atoms with Crippen LogP contribution in [0.15, 0.2) is 54.6 Å². The predicted octanol–water partition coefficient (Wildman–Crippen LogP) is 2.60. The van der Waals surface area contributed by atoms with Crippen LogP contribution < -0.4 is 15.1 Å². The first-order valence-corrected chi connectivity index (χ1v) is 8.97. The van der Waals surface area contributed by atoms with E-state index in [1.807, 2.05) is 92.6 Å². The summed E-state index contributed by atoms with van der Waals surface area (Å²) >= 11 is 0. The Bertz CT molecular complexity index is 913. The number of anilines is 2. The van der Waals surface area contributed by atoms with Gasteiger partial charge in [0.05, 0.1) is 6.54 Å². The second kappa shape index (κ2) is 8.47. The fourth-order valence-corrected chi connectivity index (χ4v) is 2.58. The number of aromatic nitrogens is 3. The van der Waals surface area contributed by atoms with E-state index in [1.54, 1.807) is 0 Å². The van der Waals surface area contributed by atoms with Crippen molar-refractivity contribution in [2.75, 3.05) is 38.0 Å². The van der Waals surface area contributed by atoms with Crippen molar-refractivity contribution >= 4 is 17.8 Å². The summed E-state index contributed by atoms with van der Waals surface area (Å²) in [5.74, 6) is 1.44. The number of carbonyl (C=O) groups excluding carboxylic acids is 1. The van der Waals surface area contributed by atoms with Gasteiger partial charge in [-0.3, -0.25) is 4.79 Å². The van der Waals surface area contributed by atoms with Crippen molar-refractivity contribution in [2.24, 2.45) is 0 Å². The Morgan fingerprint density at radius 3 is 1.86 bits per heavy atom. The van der Waals surface area contributed by atoms with E-state index in [4.69, 9.17) is 0 Å². The molecule has 0 aliphatic heterocycles. The highest BCUT2D eigenvalue weighted by Crippen LogP contribution is 2.19. The smallest absolute Gasteiger partial charge is 0.251 e. The topological polar surface area (TPSA) is 74.2 Å². The highest BCUT2D eigenvalue weighted by Gasteiger charge is 2.12. The number of hydrogen-bond donors (Lipinski definition) is 1. The molecule has 0 spiro atoms.